The first kappa shape index (κ1) is 15.4. The number of nitrogens with two attached hydrogens (primary N) is 1. The van der Waals surface area contributed by atoms with E-state index in [1.54, 1.807) is 0 Å². The normalized spacial score (nSPS) is 27.6. The van der Waals surface area contributed by atoms with Crippen molar-refractivity contribution in [3.05, 3.63) is 59.8 Å². The van der Waals surface area contributed by atoms with E-state index in [0.29, 0.717) is 5.96 Å². The Kier molecular flexibility index (Phi) is 4.21. The van der Waals surface area contributed by atoms with Gasteiger partial charge in [-0.15, -0.1) is 6.58 Å². The highest BCUT2D eigenvalue weighted by molar-refractivity contribution is 5.81. The summed E-state index contributed by atoms with van der Waals surface area (Å²) in [6.45, 7) is 10.2. The highest BCUT2D eigenvalue weighted by Gasteiger charge is 2.42. The molecular weight excluding hydrogens is 258 g/mol. The highest BCUT2D eigenvalue weighted by Crippen LogP contribution is 2.43. The van der Waals surface area contributed by atoms with Gasteiger partial charge in [0.25, 0.3) is 0 Å². The lowest BCUT2D eigenvalue weighted by molar-refractivity contribution is 0.280. The van der Waals surface area contributed by atoms with Crippen LogP contribution >= 0.6 is 0 Å². The second kappa shape index (κ2) is 5.76. The third-order valence-corrected chi connectivity index (χ3v) is 4.41. The zero-order valence-corrected chi connectivity index (χ0v) is 13.4. The minimum atomic E-state index is -0.362. The smallest absolute Gasteiger partial charge is 0.196 e. The van der Waals surface area contributed by atoms with Crippen LogP contribution in [-0.4, -0.2) is 17.9 Å². The van der Waals surface area contributed by atoms with Gasteiger partial charge in [-0.05, 0) is 32.8 Å². The van der Waals surface area contributed by atoms with E-state index in [4.69, 9.17) is 10.7 Å². The van der Waals surface area contributed by atoms with Gasteiger partial charge < -0.3 is 10.6 Å². The quantitative estimate of drug-likeness (QED) is 0.862. The van der Waals surface area contributed by atoms with E-state index >= 15 is 0 Å². The SMILES string of the molecule is C=CC[C@H]1/C(=C/C)N(C)C(N)=N[C@]1(C)c1cccc(C)c1. The van der Waals surface area contributed by atoms with Crippen molar-refractivity contribution in [1.82, 2.24) is 4.90 Å². The van der Waals surface area contributed by atoms with Crippen LogP contribution < -0.4 is 5.73 Å². The molecule has 0 amide bonds. The average molecular weight is 283 g/mol. The Balaban J connectivity index is 2.64. The summed E-state index contributed by atoms with van der Waals surface area (Å²) >= 11 is 0. The molecule has 1 aromatic carbocycles. The van der Waals surface area contributed by atoms with Gasteiger partial charge in [-0.1, -0.05) is 42.0 Å². The van der Waals surface area contributed by atoms with E-state index in [2.05, 4.69) is 57.7 Å². The van der Waals surface area contributed by atoms with Crippen molar-refractivity contribution in [3.8, 4) is 0 Å². The van der Waals surface area contributed by atoms with Crippen molar-refractivity contribution in [2.24, 2.45) is 16.6 Å². The molecule has 1 aliphatic rings. The predicted octanol–water partition coefficient (Wildman–Crippen LogP) is 3.57. The highest BCUT2D eigenvalue weighted by atomic mass is 15.3. The molecule has 0 saturated carbocycles. The molecule has 0 radical (unpaired) electrons. The molecule has 0 unspecified atom stereocenters. The summed E-state index contributed by atoms with van der Waals surface area (Å²) in [5.74, 6) is 0.798. The zero-order valence-electron chi connectivity index (χ0n) is 13.4. The van der Waals surface area contributed by atoms with Crippen LogP contribution in [0.4, 0.5) is 0 Å². The number of hydrogen-bond acceptors (Lipinski definition) is 3. The van der Waals surface area contributed by atoms with Crippen LogP contribution in [0.15, 0.2) is 53.7 Å². The minimum Gasteiger partial charge on any atom is -0.370 e. The zero-order chi connectivity index (χ0) is 15.6. The molecular formula is C18H25N3. The summed E-state index contributed by atoms with van der Waals surface area (Å²) in [5, 5.41) is 0. The topological polar surface area (TPSA) is 41.6 Å². The number of hydrogen-bond donors (Lipinski definition) is 1. The summed E-state index contributed by atoms with van der Waals surface area (Å²) in [5.41, 5.74) is 9.44. The molecule has 0 aromatic heterocycles. The lowest BCUT2D eigenvalue weighted by atomic mass is 9.74. The molecule has 1 heterocycles. The van der Waals surface area contributed by atoms with Gasteiger partial charge in [0.15, 0.2) is 5.96 Å². The molecule has 0 bridgehead atoms. The standard InChI is InChI=1S/C18H25N3/c1-6-9-15-16(7-2)21(5)17(19)20-18(15,4)14-11-8-10-13(3)12-14/h6-8,10-12,15H,1,9H2,2-5H3,(H2,19,20)/b16-7-/t15-,18+/m0/s1. The van der Waals surface area contributed by atoms with E-state index in [1.165, 1.54) is 16.8 Å². The van der Waals surface area contributed by atoms with Crippen molar-refractivity contribution in [2.45, 2.75) is 32.7 Å². The molecule has 112 valence electrons. The third kappa shape index (κ3) is 2.60. The number of guanidine groups is 1. The number of rotatable bonds is 3. The van der Waals surface area contributed by atoms with Crippen LogP contribution in [0.3, 0.4) is 0 Å². The van der Waals surface area contributed by atoms with E-state index in [-0.39, 0.29) is 11.5 Å². The van der Waals surface area contributed by atoms with Crippen molar-refractivity contribution >= 4 is 5.96 Å². The summed E-state index contributed by atoms with van der Waals surface area (Å²) < 4.78 is 0. The van der Waals surface area contributed by atoms with Crippen molar-refractivity contribution in [2.75, 3.05) is 7.05 Å². The number of aliphatic imine (C=N–C) groups is 1. The molecule has 0 aliphatic carbocycles. The summed E-state index contributed by atoms with van der Waals surface area (Å²) in [7, 11) is 1.97. The molecule has 2 atom stereocenters. The van der Waals surface area contributed by atoms with Crippen molar-refractivity contribution < 1.29 is 0 Å². The molecule has 21 heavy (non-hydrogen) atoms. The lowest BCUT2D eigenvalue weighted by Gasteiger charge is -2.44. The summed E-state index contributed by atoms with van der Waals surface area (Å²) in [6, 6.07) is 8.53. The fourth-order valence-corrected chi connectivity index (χ4v) is 3.18. The maximum atomic E-state index is 6.16. The number of aryl methyl sites for hydroxylation is 1. The molecule has 0 fully saturated rings. The van der Waals surface area contributed by atoms with Gasteiger partial charge in [0.05, 0.1) is 5.54 Å². The van der Waals surface area contributed by atoms with Crippen LogP contribution in [0.25, 0.3) is 0 Å². The average Bonchev–Trinajstić information content (AvgIpc) is 2.45. The molecule has 2 N–H and O–H groups in total. The van der Waals surface area contributed by atoms with Crippen LogP contribution in [0.1, 0.15) is 31.4 Å². The van der Waals surface area contributed by atoms with Gasteiger partial charge >= 0.3 is 0 Å². The van der Waals surface area contributed by atoms with Crippen LogP contribution in [-0.2, 0) is 5.54 Å². The van der Waals surface area contributed by atoms with Crippen LogP contribution in [0, 0.1) is 12.8 Å². The molecule has 0 spiro atoms. The van der Waals surface area contributed by atoms with Gasteiger partial charge in [-0.2, -0.15) is 0 Å². The van der Waals surface area contributed by atoms with Gasteiger partial charge in [0.2, 0.25) is 0 Å². The molecule has 1 aromatic rings. The number of benzene rings is 1. The largest absolute Gasteiger partial charge is 0.370 e. The van der Waals surface area contributed by atoms with E-state index in [1.807, 2.05) is 18.0 Å². The van der Waals surface area contributed by atoms with Crippen molar-refractivity contribution in [3.63, 3.8) is 0 Å². The molecule has 3 heteroatoms. The van der Waals surface area contributed by atoms with Gasteiger partial charge in [-0.3, -0.25) is 0 Å². The maximum absolute atomic E-state index is 6.16. The third-order valence-electron chi connectivity index (χ3n) is 4.41. The Morgan fingerprint density at radius 2 is 2.19 bits per heavy atom. The summed E-state index contributed by atoms with van der Waals surface area (Å²) in [6.07, 6.45) is 4.96. The second-order valence-electron chi connectivity index (χ2n) is 5.84. The monoisotopic (exact) mass is 283 g/mol. The van der Waals surface area contributed by atoms with E-state index < -0.39 is 0 Å². The van der Waals surface area contributed by atoms with Crippen LogP contribution in [0.5, 0.6) is 0 Å². The maximum Gasteiger partial charge on any atom is 0.196 e. The van der Waals surface area contributed by atoms with Crippen molar-refractivity contribution in [1.29, 1.82) is 0 Å². The van der Waals surface area contributed by atoms with E-state index in [9.17, 15) is 0 Å². The summed E-state index contributed by atoms with van der Waals surface area (Å²) in [4.78, 5) is 6.81. The van der Waals surface area contributed by atoms with Gasteiger partial charge in [0, 0.05) is 18.7 Å². The fraction of sp³-hybridized carbons (Fsp3) is 0.389. The fourth-order valence-electron chi connectivity index (χ4n) is 3.18. The first-order valence-electron chi connectivity index (χ1n) is 7.37. The Hall–Kier alpha value is -2.03. The Morgan fingerprint density at radius 3 is 2.76 bits per heavy atom. The molecule has 0 saturated heterocycles. The predicted molar refractivity (Wildman–Crippen MR) is 90.0 cm³/mol. The minimum absolute atomic E-state index is 0.235. The Labute approximate surface area is 127 Å². The Bertz CT molecular complexity index is 600. The van der Waals surface area contributed by atoms with E-state index in [0.717, 1.165) is 6.42 Å². The number of nitrogens with zero attached hydrogens (tertiary/aromatic N) is 2. The van der Waals surface area contributed by atoms with Crippen LogP contribution in [0.2, 0.25) is 0 Å². The molecule has 1 aliphatic heterocycles. The number of allylic oxidation sites excluding steroid dienone is 2. The second-order valence-corrected chi connectivity index (χ2v) is 5.84. The van der Waals surface area contributed by atoms with Gasteiger partial charge in [0.1, 0.15) is 0 Å². The molecule has 3 nitrogen and oxygen atoms in total. The Morgan fingerprint density at radius 1 is 1.48 bits per heavy atom. The first-order chi connectivity index (χ1) is 9.93. The van der Waals surface area contributed by atoms with Gasteiger partial charge in [-0.25, -0.2) is 4.99 Å². The first-order valence-corrected chi connectivity index (χ1v) is 7.37. The molecule has 2 rings (SSSR count). The lowest BCUT2D eigenvalue weighted by Crippen LogP contribution is -2.48.